The molecule has 0 amide bonds. The number of hydrogen-bond donors (Lipinski definition) is 3. The van der Waals surface area contributed by atoms with Crippen molar-refractivity contribution in [3.63, 3.8) is 0 Å². The van der Waals surface area contributed by atoms with Gasteiger partial charge in [-0.1, -0.05) is 24.3 Å². The molecular formula is C24H22N2O5S. The number of benzene rings is 2. The summed E-state index contributed by atoms with van der Waals surface area (Å²) in [6, 6.07) is 10.6. The van der Waals surface area contributed by atoms with Gasteiger partial charge < -0.3 is 20.1 Å². The van der Waals surface area contributed by atoms with E-state index in [9.17, 15) is 20.1 Å². The van der Waals surface area contributed by atoms with Crippen LogP contribution in [0.2, 0.25) is 0 Å². The average molecular weight is 451 g/mol. The van der Waals surface area contributed by atoms with Crippen molar-refractivity contribution in [2.45, 2.75) is 19.8 Å². The number of aromatic nitrogens is 2. The standard InChI is InChI=1S/C24H22N2O5S/c1-31-22-11-17(10-18(13-28)19(22)14-29)21(30)7-6-20-23(25-24-26(20)8-9-32-24)16-4-2-15(12-27)3-5-16/h2-11,27-29H,12-14H2,1H3. The van der Waals surface area contributed by atoms with E-state index in [1.165, 1.54) is 24.5 Å². The Balaban J connectivity index is 1.72. The van der Waals surface area contributed by atoms with Crippen LogP contribution in [0.25, 0.3) is 22.3 Å². The van der Waals surface area contributed by atoms with Gasteiger partial charge in [0.05, 0.1) is 38.3 Å². The zero-order valence-electron chi connectivity index (χ0n) is 17.4. The molecule has 2 heterocycles. The van der Waals surface area contributed by atoms with Crippen LogP contribution < -0.4 is 4.74 Å². The molecule has 0 unspecified atom stereocenters. The summed E-state index contributed by atoms with van der Waals surface area (Å²) in [6.45, 7) is -0.648. The van der Waals surface area contributed by atoms with E-state index in [0.717, 1.165) is 27.5 Å². The van der Waals surface area contributed by atoms with E-state index in [1.54, 1.807) is 18.2 Å². The first-order valence-electron chi connectivity index (χ1n) is 9.89. The molecule has 0 aliphatic carbocycles. The lowest BCUT2D eigenvalue weighted by Gasteiger charge is -2.12. The van der Waals surface area contributed by atoms with Gasteiger partial charge in [-0.15, -0.1) is 11.3 Å². The summed E-state index contributed by atoms with van der Waals surface area (Å²) >= 11 is 1.49. The number of ether oxygens (including phenoxy) is 1. The quantitative estimate of drug-likeness (QED) is 0.281. The van der Waals surface area contributed by atoms with Crippen LogP contribution in [-0.4, -0.2) is 37.6 Å². The van der Waals surface area contributed by atoms with Crippen molar-refractivity contribution in [3.8, 4) is 17.0 Å². The number of nitrogens with zero attached hydrogens (tertiary/aromatic N) is 2. The smallest absolute Gasteiger partial charge is 0.194 e. The number of allylic oxidation sites excluding steroid dienone is 1. The van der Waals surface area contributed by atoms with E-state index >= 15 is 0 Å². The number of aliphatic hydroxyl groups is 3. The zero-order chi connectivity index (χ0) is 22.7. The van der Waals surface area contributed by atoms with E-state index in [4.69, 9.17) is 9.72 Å². The van der Waals surface area contributed by atoms with Gasteiger partial charge in [0.15, 0.2) is 10.7 Å². The summed E-state index contributed by atoms with van der Waals surface area (Å²) in [5.41, 5.74) is 4.42. The fraction of sp³-hybridized carbons (Fsp3) is 0.167. The lowest BCUT2D eigenvalue weighted by molar-refractivity contribution is 0.104. The van der Waals surface area contributed by atoms with Crippen LogP contribution in [0.5, 0.6) is 5.75 Å². The number of thiazole rings is 1. The van der Waals surface area contributed by atoms with E-state index in [1.807, 2.05) is 40.2 Å². The third kappa shape index (κ3) is 4.09. The lowest BCUT2D eigenvalue weighted by Crippen LogP contribution is -2.04. The van der Waals surface area contributed by atoms with Crippen LogP contribution in [0.1, 0.15) is 32.7 Å². The number of rotatable bonds is 8. The number of fused-ring (bicyclic) bond motifs is 1. The van der Waals surface area contributed by atoms with Crippen LogP contribution in [0.4, 0.5) is 0 Å². The Bertz CT molecular complexity index is 1260. The Morgan fingerprint density at radius 1 is 1.12 bits per heavy atom. The molecule has 0 saturated carbocycles. The maximum atomic E-state index is 12.9. The molecule has 0 saturated heterocycles. The van der Waals surface area contributed by atoms with Crippen molar-refractivity contribution in [3.05, 3.63) is 82.0 Å². The largest absolute Gasteiger partial charge is 0.496 e. The summed E-state index contributed by atoms with van der Waals surface area (Å²) in [7, 11) is 1.45. The predicted octanol–water partition coefficient (Wildman–Crippen LogP) is 3.44. The Kier molecular flexibility index (Phi) is 6.48. The topological polar surface area (TPSA) is 104 Å². The van der Waals surface area contributed by atoms with Crippen molar-refractivity contribution in [2.75, 3.05) is 7.11 Å². The molecular weight excluding hydrogens is 428 g/mol. The van der Waals surface area contributed by atoms with Gasteiger partial charge in [-0.05, 0) is 35.4 Å². The minimum absolute atomic E-state index is 0.0335. The predicted molar refractivity (Wildman–Crippen MR) is 123 cm³/mol. The van der Waals surface area contributed by atoms with Crippen molar-refractivity contribution in [1.29, 1.82) is 0 Å². The molecule has 0 fully saturated rings. The third-order valence-electron chi connectivity index (χ3n) is 5.24. The highest BCUT2D eigenvalue weighted by molar-refractivity contribution is 7.15. The maximum Gasteiger partial charge on any atom is 0.194 e. The fourth-order valence-corrected chi connectivity index (χ4v) is 4.26. The van der Waals surface area contributed by atoms with Crippen molar-refractivity contribution < 1.29 is 24.9 Å². The minimum atomic E-state index is -0.316. The number of carbonyl (C=O) groups is 1. The second-order valence-electron chi connectivity index (χ2n) is 7.09. The van der Waals surface area contributed by atoms with E-state index in [2.05, 4.69) is 0 Å². The van der Waals surface area contributed by atoms with Crippen LogP contribution >= 0.6 is 11.3 Å². The van der Waals surface area contributed by atoms with Gasteiger partial charge in [-0.25, -0.2) is 4.98 Å². The van der Waals surface area contributed by atoms with Crippen molar-refractivity contribution in [2.24, 2.45) is 0 Å². The van der Waals surface area contributed by atoms with E-state index in [0.29, 0.717) is 22.4 Å². The van der Waals surface area contributed by atoms with E-state index < -0.39 is 0 Å². The zero-order valence-corrected chi connectivity index (χ0v) is 18.2. The highest BCUT2D eigenvalue weighted by atomic mass is 32.1. The highest BCUT2D eigenvalue weighted by Crippen LogP contribution is 2.29. The second-order valence-corrected chi connectivity index (χ2v) is 7.96. The molecule has 2 aromatic carbocycles. The summed E-state index contributed by atoms with van der Waals surface area (Å²) in [5.74, 6) is 0.0827. The molecule has 0 spiro atoms. The first kappa shape index (κ1) is 21.9. The molecule has 32 heavy (non-hydrogen) atoms. The number of carbonyl (C=O) groups excluding carboxylic acids is 1. The highest BCUT2D eigenvalue weighted by Gasteiger charge is 2.16. The number of methoxy groups -OCH3 is 1. The second kappa shape index (κ2) is 9.46. The Morgan fingerprint density at radius 2 is 1.91 bits per heavy atom. The van der Waals surface area contributed by atoms with Crippen molar-refractivity contribution >= 4 is 28.2 Å². The van der Waals surface area contributed by atoms with Gasteiger partial charge in [0, 0.05) is 28.3 Å². The molecule has 0 radical (unpaired) electrons. The Hall–Kier alpha value is -3.30. The Morgan fingerprint density at radius 3 is 2.56 bits per heavy atom. The average Bonchev–Trinajstić information content (AvgIpc) is 3.43. The number of hydrogen-bond acceptors (Lipinski definition) is 7. The number of imidazole rings is 1. The molecule has 2 aromatic heterocycles. The molecule has 3 N–H and O–H groups in total. The molecule has 8 heteroatoms. The summed E-state index contributed by atoms with van der Waals surface area (Å²) in [4.78, 5) is 18.4. The molecule has 0 aliphatic rings. The van der Waals surface area contributed by atoms with Gasteiger partial charge >= 0.3 is 0 Å². The van der Waals surface area contributed by atoms with Gasteiger partial charge in [-0.2, -0.15) is 0 Å². The fourth-order valence-electron chi connectivity index (χ4n) is 3.54. The third-order valence-corrected chi connectivity index (χ3v) is 5.99. The van der Waals surface area contributed by atoms with Crippen LogP contribution in [0.15, 0.2) is 54.1 Å². The van der Waals surface area contributed by atoms with Crippen molar-refractivity contribution in [1.82, 2.24) is 9.38 Å². The molecule has 0 atom stereocenters. The molecule has 164 valence electrons. The first-order chi connectivity index (χ1) is 15.6. The normalized spacial score (nSPS) is 11.5. The molecule has 0 aliphatic heterocycles. The summed E-state index contributed by atoms with van der Waals surface area (Å²) in [5, 5.41) is 30.4. The summed E-state index contributed by atoms with van der Waals surface area (Å²) < 4.78 is 7.20. The molecule has 0 bridgehead atoms. The molecule has 7 nitrogen and oxygen atoms in total. The first-order valence-corrected chi connectivity index (χ1v) is 10.8. The lowest BCUT2D eigenvalue weighted by atomic mass is 10.0. The number of ketones is 1. The van der Waals surface area contributed by atoms with Gasteiger partial charge in [-0.3, -0.25) is 9.20 Å². The van der Waals surface area contributed by atoms with Gasteiger partial charge in [0.2, 0.25) is 0 Å². The maximum absolute atomic E-state index is 12.9. The molecule has 4 aromatic rings. The summed E-state index contributed by atoms with van der Waals surface area (Å²) in [6.07, 6.45) is 5.07. The SMILES string of the molecule is COc1cc(C(=O)C=Cc2c(-c3ccc(CO)cc3)nc3sccn23)cc(CO)c1CO. The molecule has 4 rings (SSSR count). The van der Waals surface area contributed by atoms with E-state index in [-0.39, 0.29) is 25.6 Å². The Labute approximate surface area is 188 Å². The van der Waals surface area contributed by atoms with Crippen LogP contribution in [0.3, 0.4) is 0 Å². The van der Waals surface area contributed by atoms with Crippen LogP contribution in [0, 0.1) is 0 Å². The van der Waals surface area contributed by atoms with Crippen LogP contribution in [-0.2, 0) is 19.8 Å². The monoisotopic (exact) mass is 450 g/mol. The van der Waals surface area contributed by atoms with Gasteiger partial charge in [0.25, 0.3) is 0 Å². The number of aliphatic hydroxyl groups excluding tert-OH is 3. The minimum Gasteiger partial charge on any atom is -0.496 e. The van der Waals surface area contributed by atoms with Gasteiger partial charge in [0.1, 0.15) is 5.75 Å².